The molecule has 0 bridgehead atoms. The van der Waals surface area contributed by atoms with Crippen molar-refractivity contribution in [1.29, 1.82) is 0 Å². The molecule has 2 heterocycles. The maximum atomic E-state index is 12.3. The van der Waals surface area contributed by atoms with Gasteiger partial charge in [-0.05, 0) is 6.42 Å². The molecule has 5 nitrogen and oxygen atoms in total. The van der Waals surface area contributed by atoms with E-state index in [9.17, 15) is 13.2 Å². The van der Waals surface area contributed by atoms with Gasteiger partial charge in [0, 0.05) is 25.0 Å². The number of hydrogen-bond donors (Lipinski definition) is 1. The topological polar surface area (TPSA) is 66.5 Å². The van der Waals surface area contributed by atoms with Crippen LogP contribution in [0.25, 0.3) is 0 Å². The van der Waals surface area contributed by atoms with Gasteiger partial charge >= 0.3 is 0 Å². The van der Waals surface area contributed by atoms with Crippen LogP contribution in [0.4, 0.5) is 0 Å². The summed E-state index contributed by atoms with van der Waals surface area (Å²) < 4.78 is 23.4. The molecule has 3 atom stereocenters. The van der Waals surface area contributed by atoms with Gasteiger partial charge in [0.2, 0.25) is 5.91 Å². The third-order valence-corrected chi connectivity index (χ3v) is 5.62. The molecule has 6 heteroatoms. The first-order valence-electron chi connectivity index (χ1n) is 6.69. The van der Waals surface area contributed by atoms with E-state index in [4.69, 9.17) is 0 Å². The van der Waals surface area contributed by atoms with Crippen LogP contribution in [0.1, 0.15) is 26.7 Å². The molecule has 2 saturated heterocycles. The fourth-order valence-electron chi connectivity index (χ4n) is 2.98. The van der Waals surface area contributed by atoms with Crippen molar-refractivity contribution in [2.75, 3.05) is 24.6 Å². The number of carbonyl (C=O) groups excluding carboxylic acids is 1. The van der Waals surface area contributed by atoms with E-state index in [2.05, 4.69) is 12.2 Å². The van der Waals surface area contributed by atoms with Crippen LogP contribution in [-0.2, 0) is 14.6 Å². The third-order valence-electron chi connectivity index (χ3n) is 3.91. The number of piperazine rings is 1. The molecule has 1 N–H and O–H groups in total. The van der Waals surface area contributed by atoms with Gasteiger partial charge in [-0.3, -0.25) is 4.79 Å². The molecule has 2 aliphatic heterocycles. The van der Waals surface area contributed by atoms with Crippen molar-refractivity contribution in [3.05, 3.63) is 0 Å². The molecule has 2 rings (SSSR count). The van der Waals surface area contributed by atoms with Crippen molar-refractivity contribution in [3.8, 4) is 0 Å². The Morgan fingerprint density at radius 2 is 2.17 bits per heavy atom. The van der Waals surface area contributed by atoms with Crippen molar-refractivity contribution in [1.82, 2.24) is 10.2 Å². The van der Waals surface area contributed by atoms with Gasteiger partial charge in [0.05, 0.1) is 17.5 Å². The van der Waals surface area contributed by atoms with E-state index < -0.39 is 9.84 Å². The van der Waals surface area contributed by atoms with Crippen molar-refractivity contribution in [2.24, 2.45) is 5.92 Å². The van der Waals surface area contributed by atoms with E-state index in [1.54, 1.807) is 4.90 Å². The molecule has 104 valence electrons. The second-order valence-electron chi connectivity index (χ2n) is 5.43. The van der Waals surface area contributed by atoms with Gasteiger partial charge in [-0.25, -0.2) is 8.42 Å². The highest BCUT2D eigenvalue weighted by Gasteiger charge is 2.44. The highest BCUT2D eigenvalue weighted by Crippen LogP contribution is 2.23. The standard InChI is InChI=1S/C12H22N2O3S/c1-3-4-9(2)12(15)14-6-5-13-10-7-18(16,17)8-11(10)14/h9-11,13H,3-8H2,1-2H3/t9?,10-,11+/m1/s1. The summed E-state index contributed by atoms with van der Waals surface area (Å²) in [6.07, 6.45) is 1.85. The Hall–Kier alpha value is -0.620. The maximum Gasteiger partial charge on any atom is 0.225 e. The van der Waals surface area contributed by atoms with Crippen molar-refractivity contribution >= 4 is 15.7 Å². The lowest BCUT2D eigenvalue weighted by atomic mass is 10.0. The average molecular weight is 274 g/mol. The molecule has 2 aliphatic rings. The van der Waals surface area contributed by atoms with Gasteiger partial charge in [0.25, 0.3) is 0 Å². The normalized spacial score (nSPS) is 32.0. The zero-order valence-electron chi connectivity index (χ0n) is 11.1. The second-order valence-corrected chi connectivity index (χ2v) is 7.58. The molecular weight excluding hydrogens is 252 g/mol. The van der Waals surface area contributed by atoms with Gasteiger partial charge in [-0.1, -0.05) is 20.3 Å². The quantitative estimate of drug-likeness (QED) is 0.788. The molecule has 2 fully saturated rings. The van der Waals surface area contributed by atoms with Gasteiger partial charge in [-0.15, -0.1) is 0 Å². The molecule has 0 aromatic carbocycles. The van der Waals surface area contributed by atoms with E-state index in [1.807, 2.05) is 6.92 Å². The van der Waals surface area contributed by atoms with Crippen molar-refractivity contribution in [3.63, 3.8) is 0 Å². The monoisotopic (exact) mass is 274 g/mol. The van der Waals surface area contributed by atoms with Crippen LogP contribution in [0.15, 0.2) is 0 Å². The lowest BCUT2D eigenvalue weighted by Gasteiger charge is -2.38. The number of sulfone groups is 1. The molecule has 1 unspecified atom stereocenters. The minimum atomic E-state index is -2.99. The van der Waals surface area contributed by atoms with E-state index in [0.29, 0.717) is 13.1 Å². The molecule has 0 aromatic rings. The van der Waals surface area contributed by atoms with Gasteiger partial charge in [-0.2, -0.15) is 0 Å². The minimum Gasteiger partial charge on any atom is -0.336 e. The molecule has 0 spiro atoms. The zero-order chi connectivity index (χ0) is 13.3. The van der Waals surface area contributed by atoms with E-state index in [1.165, 1.54) is 0 Å². The number of nitrogens with one attached hydrogen (secondary N) is 1. The Labute approximate surface area is 109 Å². The largest absolute Gasteiger partial charge is 0.336 e. The first kappa shape index (κ1) is 13.8. The summed E-state index contributed by atoms with van der Waals surface area (Å²) in [5.41, 5.74) is 0. The Morgan fingerprint density at radius 3 is 2.83 bits per heavy atom. The predicted octanol–water partition coefficient (Wildman–Crippen LogP) is 0.0200. The number of fused-ring (bicyclic) bond motifs is 1. The second kappa shape index (κ2) is 5.17. The van der Waals surface area contributed by atoms with Gasteiger partial charge < -0.3 is 10.2 Å². The smallest absolute Gasteiger partial charge is 0.225 e. The van der Waals surface area contributed by atoms with E-state index in [-0.39, 0.29) is 35.4 Å². The Kier molecular flexibility index (Phi) is 3.96. The number of rotatable bonds is 3. The molecular formula is C12H22N2O3S. The number of carbonyl (C=O) groups is 1. The van der Waals surface area contributed by atoms with Crippen LogP contribution < -0.4 is 5.32 Å². The summed E-state index contributed by atoms with van der Waals surface area (Å²) in [5, 5.41) is 3.22. The fraction of sp³-hybridized carbons (Fsp3) is 0.917. The van der Waals surface area contributed by atoms with Crippen LogP contribution in [0, 0.1) is 5.92 Å². The Morgan fingerprint density at radius 1 is 1.44 bits per heavy atom. The zero-order valence-corrected chi connectivity index (χ0v) is 11.9. The molecule has 1 amide bonds. The summed E-state index contributed by atoms with van der Waals surface area (Å²) >= 11 is 0. The fourth-order valence-corrected chi connectivity index (χ4v) is 4.94. The summed E-state index contributed by atoms with van der Waals surface area (Å²) in [5.74, 6) is 0.404. The van der Waals surface area contributed by atoms with Crippen LogP contribution in [0.5, 0.6) is 0 Å². The molecule has 0 saturated carbocycles. The first-order valence-corrected chi connectivity index (χ1v) is 8.51. The van der Waals surface area contributed by atoms with Crippen LogP contribution in [-0.4, -0.2) is 55.9 Å². The Balaban J connectivity index is 2.11. The van der Waals surface area contributed by atoms with Gasteiger partial charge in [0.15, 0.2) is 9.84 Å². The van der Waals surface area contributed by atoms with Crippen molar-refractivity contribution < 1.29 is 13.2 Å². The Bertz CT molecular complexity index is 421. The van der Waals surface area contributed by atoms with E-state index >= 15 is 0 Å². The summed E-state index contributed by atoms with van der Waals surface area (Å²) in [6, 6.07) is -0.225. The summed E-state index contributed by atoms with van der Waals surface area (Å²) in [6.45, 7) is 5.32. The molecule has 18 heavy (non-hydrogen) atoms. The SMILES string of the molecule is CCCC(C)C(=O)N1CCN[C@@H]2CS(=O)(=O)C[C@@H]21. The molecule has 0 aliphatic carbocycles. The average Bonchev–Trinajstić information content (AvgIpc) is 2.61. The van der Waals surface area contributed by atoms with Gasteiger partial charge in [0.1, 0.15) is 0 Å². The summed E-state index contributed by atoms with van der Waals surface area (Å²) in [4.78, 5) is 14.1. The van der Waals surface area contributed by atoms with Crippen LogP contribution >= 0.6 is 0 Å². The highest BCUT2D eigenvalue weighted by atomic mass is 32.2. The molecule has 0 radical (unpaired) electrons. The first-order chi connectivity index (χ1) is 8.44. The summed E-state index contributed by atoms with van der Waals surface area (Å²) in [7, 11) is -2.99. The molecule has 0 aromatic heterocycles. The predicted molar refractivity (Wildman–Crippen MR) is 70.0 cm³/mol. The highest BCUT2D eigenvalue weighted by molar-refractivity contribution is 7.91. The third kappa shape index (κ3) is 2.69. The van der Waals surface area contributed by atoms with E-state index in [0.717, 1.165) is 12.8 Å². The number of nitrogens with zero attached hydrogens (tertiary/aromatic N) is 1. The number of hydrogen-bond acceptors (Lipinski definition) is 4. The lowest BCUT2D eigenvalue weighted by molar-refractivity contribution is -0.138. The van der Waals surface area contributed by atoms with Crippen molar-refractivity contribution in [2.45, 2.75) is 38.8 Å². The van der Waals surface area contributed by atoms with Crippen LogP contribution in [0.2, 0.25) is 0 Å². The minimum absolute atomic E-state index is 0.00273. The lowest BCUT2D eigenvalue weighted by Crippen LogP contribution is -2.59. The number of amides is 1. The van der Waals surface area contributed by atoms with Crippen LogP contribution in [0.3, 0.4) is 0 Å². The maximum absolute atomic E-state index is 12.3.